The Bertz CT molecular complexity index is 1000. The highest BCUT2D eigenvalue weighted by atomic mass is 32.1. The number of nitrogens with zero attached hydrogens (tertiary/aromatic N) is 3. The highest BCUT2D eigenvalue weighted by Crippen LogP contribution is 2.32. The topological polar surface area (TPSA) is 47.0 Å². The molecule has 2 atom stereocenters. The Morgan fingerprint density at radius 2 is 1.87 bits per heavy atom. The smallest absolute Gasteiger partial charge is 0.268 e. The van der Waals surface area contributed by atoms with Gasteiger partial charge < -0.3 is 19.8 Å². The number of anilines is 2. The Morgan fingerprint density at radius 3 is 2.52 bits per heavy atom. The van der Waals surface area contributed by atoms with Crippen molar-refractivity contribution in [1.29, 1.82) is 0 Å². The second kappa shape index (κ2) is 9.04. The van der Waals surface area contributed by atoms with Crippen molar-refractivity contribution < 1.29 is 9.90 Å². The van der Waals surface area contributed by atoms with Crippen LogP contribution in [0.4, 0.5) is 11.4 Å². The Kier molecular flexibility index (Phi) is 6.38. The first kappa shape index (κ1) is 21.9. The van der Waals surface area contributed by atoms with Gasteiger partial charge in [-0.05, 0) is 68.8 Å². The molecule has 2 aliphatic rings. The molecule has 1 N–H and O–H groups in total. The molecule has 4 rings (SSSR count). The summed E-state index contributed by atoms with van der Waals surface area (Å²) >= 11 is 1.43. The van der Waals surface area contributed by atoms with E-state index in [-0.39, 0.29) is 11.8 Å². The normalized spacial score (nSPS) is 19.6. The molecule has 1 aromatic carbocycles. The van der Waals surface area contributed by atoms with Crippen LogP contribution in [0.1, 0.15) is 40.4 Å². The summed E-state index contributed by atoms with van der Waals surface area (Å²) in [6.45, 7) is 6.67. The number of thiophene rings is 1. The third-order valence-electron chi connectivity index (χ3n) is 6.25. The molecule has 0 radical (unpaired) electrons. The molecule has 1 amide bonds. The largest absolute Gasteiger partial charge is 0.380 e. The maximum Gasteiger partial charge on any atom is 0.268 e. The lowest BCUT2D eigenvalue weighted by Gasteiger charge is -2.27. The van der Waals surface area contributed by atoms with E-state index in [0.29, 0.717) is 12.6 Å². The van der Waals surface area contributed by atoms with E-state index in [9.17, 15) is 9.90 Å². The number of hydrogen-bond donors (Lipinski definition) is 1. The van der Waals surface area contributed by atoms with Gasteiger partial charge in [-0.3, -0.25) is 4.79 Å². The van der Waals surface area contributed by atoms with E-state index < -0.39 is 6.10 Å². The van der Waals surface area contributed by atoms with Gasteiger partial charge in [-0.15, -0.1) is 11.3 Å². The summed E-state index contributed by atoms with van der Waals surface area (Å²) in [5.41, 5.74) is 3.23. The van der Waals surface area contributed by atoms with Gasteiger partial charge in [0.1, 0.15) is 6.10 Å². The van der Waals surface area contributed by atoms with Crippen molar-refractivity contribution in [3.05, 3.63) is 45.6 Å². The first-order valence-electron chi connectivity index (χ1n) is 11.0. The molecule has 1 fully saturated rings. The Labute approximate surface area is 189 Å². The highest BCUT2D eigenvalue weighted by molar-refractivity contribution is 7.14. The summed E-state index contributed by atoms with van der Waals surface area (Å²) in [5.74, 6) is 6.08. The molecule has 0 aliphatic carbocycles. The molecule has 164 valence electrons. The van der Waals surface area contributed by atoms with Crippen LogP contribution in [0.3, 0.4) is 0 Å². The quantitative estimate of drug-likeness (QED) is 0.745. The van der Waals surface area contributed by atoms with Crippen LogP contribution < -0.4 is 9.80 Å². The minimum absolute atomic E-state index is 0.0466. The number of carbonyl (C=O) groups excluding carboxylic acids is 1. The number of carbonyl (C=O) groups is 1. The molecule has 6 heteroatoms. The van der Waals surface area contributed by atoms with Crippen molar-refractivity contribution >= 4 is 28.6 Å². The summed E-state index contributed by atoms with van der Waals surface area (Å²) in [5, 5.41) is 9.93. The van der Waals surface area contributed by atoms with Gasteiger partial charge in [0.15, 0.2) is 0 Å². The number of aliphatic hydroxyl groups excluding tert-OH is 1. The van der Waals surface area contributed by atoms with Crippen molar-refractivity contribution in [3.8, 4) is 11.8 Å². The summed E-state index contributed by atoms with van der Waals surface area (Å²) in [6, 6.07) is 11.0. The SMILES string of the molecule is CC(C)C(O)C#Cc1cc2c(s1)C(=O)N(c1ccc(N3CC[C@@H](N(C)C)C3)cc1)CC2. The molecular formula is C25H31N3O2S. The molecule has 1 unspecified atom stereocenters. The maximum absolute atomic E-state index is 13.2. The number of likely N-dealkylation sites (N-methyl/N-ethyl adjacent to an activating group) is 1. The van der Waals surface area contributed by atoms with Gasteiger partial charge in [0, 0.05) is 37.1 Å². The van der Waals surface area contributed by atoms with Gasteiger partial charge in [-0.2, -0.15) is 0 Å². The number of hydrogen-bond acceptors (Lipinski definition) is 5. The monoisotopic (exact) mass is 437 g/mol. The van der Waals surface area contributed by atoms with Gasteiger partial charge in [0.2, 0.25) is 0 Å². The lowest BCUT2D eigenvalue weighted by atomic mass is 10.1. The van der Waals surface area contributed by atoms with Crippen LogP contribution in [0.2, 0.25) is 0 Å². The third kappa shape index (κ3) is 4.64. The van der Waals surface area contributed by atoms with Crippen molar-refractivity contribution in [1.82, 2.24) is 4.90 Å². The zero-order valence-corrected chi connectivity index (χ0v) is 19.6. The summed E-state index contributed by atoms with van der Waals surface area (Å²) in [4.78, 5) is 21.4. The second-order valence-corrected chi connectivity index (χ2v) is 10.1. The van der Waals surface area contributed by atoms with E-state index in [1.165, 1.54) is 23.4 Å². The van der Waals surface area contributed by atoms with E-state index in [2.05, 4.69) is 60.0 Å². The first-order valence-corrected chi connectivity index (χ1v) is 11.8. The fourth-order valence-electron chi connectivity index (χ4n) is 4.11. The standard InChI is InChI=1S/C25H31N3O2S/c1-17(2)23(29)10-9-22-15-18-11-14-28(25(30)24(18)31-22)20-7-5-19(6-8-20)27-13-12-21(16-27)26(3)4/h5-8,15,17,21,23,29H,11-14,16H2,1-4H3/t21-,23?/m1/s1. The molecule has 2 aromatic rings. The molecule has 0 bridgehead atoms. The van der Waals surface area contributed by atoms with Gasteiger partial charge in [0.25, 0.3) is 5.91 Å². The van der Waals surface area contributed by atoms with Crippen molar-refractivity contribution in [3.63, 3.8) is 0 Å². The Balaban J connectivity index is 1.47. The first-order chi connectivity index (χ1) is 14.8. The zero-order valence-electron chi connectivity index (χ0n) is 18.8. The summed E-state index contributed by atoms with van der Waals surface area (Å²) in [6.07, 6.45) is 1.36. The van der Waals surface area contributed by atoms with Gasteiger partial charge in [0.05, 0.1) is 9.75 Å². The number of fused-ring (bicyclic) bond motifs is 1. The summed E-state index contributed by atoms with van der Waals surface area (Å²) in [7, 11) is 4.28. The summed E-state index contributed by atoms with van der Waals surface area (Å²) < 4.78 is 0. The lowest BCUT2D eigenvalue weighted by molar-refractivity contribution is 0.0985. The third-order valence-corrected chi connectivity index (χ3v) is 7.33. The average molecular weight is 438 g/mol. The molecule has 1 aromatic heterocycles. The predicted molar refractivity (Wildman–Crippen MR) is 128 cm³/mol. The van der Waals surface area contributed by atoms with Crippen LogP contribution in [-0.2, 0) is 6.42 Å². The number of rotatable bonds is 4. The fourth-order valence-corrected chi connectivity index (χ4v) is 5.13. The molecule has 31 heavy (non-hydrogen) atoms. The molecule has 5 nitrogen and oxygen atoms in total. The molecule has 3 heterocycles. The van der Waals surface area contributed by atoms with Crippen molar-refractivity contribution in [2.75, 3.05) is 43.5 Å². The molecule has 2 aliphatic heterocycles. The van der Waals surface area contributed by atoms with Crippen LogP contribution in [0.15, 0.2) is 30.3 Å². The zero-order chi connectivity index (χ0) is 22.1. The number of amides is 1. The minimum Gasteiger partial charge on any atom is -0.380 e. The van der Waals surface area contributed by atoms with Crippen LogP contribution in [0.5, 0.6) is 0 Å². The van der Waals surface area contributed by atoms with Crippen molar-refractivity contribution in [2.45, 2.75) is 38.8 Å². The molecule has 0 spiro atoms. The Hall–Kier alpha value is -2.33. The van der Waals surface area contributed by atoms with E-state index in [1.807, 2.05) is 24.8 Å². The van der Waals surface area contributed by atoms with Gasteiger partial charge >= 0.3 is 0 Å². The molecular weight excluding hydrogens is 406 g/mol. The van der Waals surface area contributed by atoms with Gasteiger partial charge in [-0.25, -0.2) is 0 Å². The lowest BCUT2D eigenvalue weighted by Crippen LogP contribution is -2.36. The van der Waals surface area contributed by atoms with Crippen LogP contribution in [0.25, 0.3) is 0 Å². The molecule has 0 saturated carbocycles. The average Bonchev–Trinajstić information content (AvgIpc) is 3.40. The second-order valence-electron chi connectivity index (χ2n) is 9.00. The van der Waals surface area contributed by atoms with Crippen molar-refractivity contribution in [2.24, 2.45) is 5.92 Å². The van der Waals surface area contributed by atoms with E-state index in [0.717, 1.165) is 40.5 Å². The van der Waals surface area contributed by atoms with Crippen LogP contribution in [-0.4, -0.2) is 61.8 Å². The van der Waals surface area contributed by atoms with Crippen LogP contribution in [0, 0.1) is 17.8 Å². The fraction of sp³-hybridized carbons (Fsp3) is 0.480. The minimum atomic E-state index is -0.645. The van der Waals surface area contributed by atoms with E-state index >= 15 is 0 Å². The molecule has 1 saturated heterocycles. The predicted octanol–water partition coefficient (Wildman–Crippen LogP) is 3.46. The van der Waals surface area contributed by atoms with E-state index in [4.69, 9.17) is 0 Å². The number of aliphatic hydroxyl groups is 1. The highest BCUT2D eigenvalue weighted by Gasteiger charge is 2.28. The van der Waals surface area contributed by atoms with Gasteiger partial charge in [-0.1, -0.05) is 25.7 Å². The number of benzene rings is 1. The maximum atomic E-state index is 13.2. The van der Waals surface area contributed by atoms with E-state index in [1.54, 1.807) is 0 Å². The Morgan fingerprint density at radius 1 is 1.16 bits per heavy atom. The van der Waals surface area contributed by atoms with Crippen LogP contribution >= 0.6 is 11.3 Å².